The average Bonchev–Trinajstić information content (AvgIpc) is 2.04. The summed E-state index contributed by atoms with van der Waals surface area (Å²) >= 11 is 0. The van der Waals surface area contributed by atoms with Crippen LogP contribution in [0, 0.1) is 11.3 Å². The number of hydrogen-bond donors (Lipinski definition) is 2. The van der Waals surface area contributed by atoms with Crippen molar-refractivity contribution in [2.75, 3.05) is 0 Å². The number of aliphatic carboxylic acids is 2. The van der Waals surface area contributed by atoms with Gasteiger partial charge in [0.2, 0.25) is 0 Å². The highest BCUT2D eigenvalue weighted by atomic mass is 16.4. The Morgan fingerprint density at radius 1 is 1.23 bits per heavy atom. The van der Waals surface area contributed by atoms with Gasteiger partial charge in [-0.1, -0.05) is 19.8 Å². The van der Waals surface area contributed by atoms with Crippen molar-refractivity contribution in [3.05, 3.63) is 0 Å². The lowest BCUT2D eigenvalue weighted by Crippen LogP contribution is -2.46. The molecule has 4 nitrogen and oxygen atoms in total. The highest BCUT2D eigenvalue weighted by Crippen LogP contribution is 2.41. The van der Waals surface area contributed by atoms with Gasteiger partial charge in [-0.25, -0.2) is 0 Å². The van der Waals surface area contributed by atoms with Crippen LogP contribution in [0.4, 0.5) is 0 Å². The molecule has 1 unspecified atom stereocenters. The van der Waals surface area contributed by atoms with Gasteiger partial charge in [0.1, 0.15) is 0 Å². The molecule has 0 aromatic rings. The quantitative estimate of drug-likeness (QED) is 0.638. The average molecular weight is 186 g/mol. The Bertz CT molecular complexity index is 220. The molecule has 1 aliphatic carbocycles. The van der Waals surface area contributed by atoms with Crippen LogP contribution in [0.3, 0.4) is 0 Å². The third-order valence-corrected chi connectivity index (χ3v) is 3.06. The molecule has 0 spiro atoms. The fourth-order valence-corrected chi connectivity index (χ4v) is 2.07. The van der Waals surface area contributed by atoms with Crippen LogP contribution in [-0.2, 0) is 9.59 Å². The molecule has 1 atom stereocenters. The smallest absolute Gasteiger partial charge is 0.321 e. The first kappa shape index (κ1) is 10.0. The molecule has 0 heterocycles. The minimum absolute atomic E-state index is 0.263. The van der Waals surface area contributed by atoms with Crippen molar-refractivity contribution in [2.24, 2.45) is 11.3 Å². The molecule has 1 fully saturated rings. The van der Waals surface area contributed by atoms with Crippen molar-refractivity contribution >= 4 is 11.9 Å². The fourth-order valence-electron chi connectivity index (χ4n) is 2.07. The first-order chi connectivity index (χ1) is 6.01. The Hall–Kier alpha value is -1.06. The van der Waals surface area contributed by atoms with Gasteiger partial charge in [-0.15, -0.1) is 0 Å². The van der Waals surface area contributed by atoms with Crippen molar-refractivity contribution in [1.82, 2.24) is 0 Å². The Morgan fingerprint density at radius 2 is 1.77 bits per heavy atom. The Labute approximate surface area is 76.6 Å². The molecule has 0 aromatic carbocycles. The molecule has 4 heteroatoms. The minimum atomic E-state index is -1.53. The van der Waals surface area contributed by atoms with Crippen LogP contribution < -0.4 is 0 Å². The van der Waals surface area contributed by atoms with E-state index in [2.05, 4.69) is 0 Å². The standard InChI is InChI=1S/C9H14O4/c1-6-4-2-3-5-9(6,7(10)11)8(12)13/h6H,2-5H2,1H3,(H,10,11)(H,12,13). The van der Waals surface area contributed by atoms with E-state index in [1.165, 1.54) is 0 Å². The van der Waals surface area contributed by atoms with Gasteiger partial charge in [-0.05, 0) is 18.8 Å². The SMILES string of the molecule is CC1CCCCC1(C(=O)O)C(=O)O. The monoisotopic (exact) mass is 186 g/mol. The van der Waals surface area contributed by atoms with Crippen molar-refractivity contribution in [3.8, 4) is 0 Å². The van der Waals surface area contributed by atoms with Gasteiger partial charge in [0.15, 0.2) is 5.41 Å². The van der Waals surface area contributed by atoms with E-state index in [9.17, 15) is 9.59 Å². The number of hydrogen-bond acceptors (Lipinski definition) is 2. The van der Waals surface area contributed by atoms with Gasteiger partial charge < -0.3 is 10.2 Å². The third-order valence-electron chi connectivity index (χ3n) is 3.06. The second kappa shape index (κ2) is 3.36. The molecule has 1 rings (SSSR count). The van der Waals surface area contributed by atoms with Crippen LogP contribution in [0.5, 0.6) is 0 Å². The fraction of sp³-hybridized carbons (Fsp3) is 0.778. The van der Waals surface area contributed by atoms with E-state index < -0.39 is 17.4 Å². The summed E-state index contributed by atoms with van der Waals surface area (Å²) in [7, 11) is 0. The molecule has 2 N–H and O–H groups in total. The largest absolute Gasteiger partial charge is 0.480 e. The zero-order chi connectivity index (χ0) is 10.1. The van der Waals surface area contributed by atoms with Gasteiger partial charge in [-0.3, -0.25) is 9.59 Å². The number of carboxylic acids is 2. The molecule has 0 saturated heterocycles. The van der Waals surface area contributed by atoms with E-state index in [1.807, 2.05) is 0 Å². The van der Waals surface area contributed by atoms with Crippen LogP contribution in [-0.4, -0.2) is 22.2 Å². The molecule has 1 saturated carbocycles. The number of carbonyl (C=O) groups is 2. The maximum atomic E-state index is 10.9. The summed E-state index contributed by atoms with van der Waals surface area (Å²) in [5.74, 6) is -2.64. The molecule has 0 radical (unpaired) electrons. The van der Waals surface area contributed by atoms with Crippen LogP contribution >= 0.6 is 0 Å². The predicted molar refractivity (Wildman–Crippen MR) is 45.3 cm³/mol. The molecule has 0 aliphatic heterocycles. The van der Waals surface area contributed by atoms with E-state index >= 15 is 0 Å². The summed E-state index contributed by atoms with van der Waals surface area (Å²) in [6.45, 7) is 1.71. The van der Waals surface area contributed by atoms with Crippen LogP contribution in [0.25, 0.3) is 0 Å². The zero-order valence-corrected chi connectivity index (χ0v) is 7.62. The second-order valence-corrected chi connectivity index (χ2v) is 3.73. The van der Waals surface area contributed by atoms with Gasteiger partial charge in [0.25, 0.3) is 0 Å². The molecule has 0 aromatic heterocycles. The van der Waals surface area contributed by atoms with E-state index in [0.29, 0.717) is 12.8 Å². The molecule has 13 heavy (non-hydrogen) atoms. The Kier molecular flexibility index (Phi) is 2.59. The molecule has 0 amide bonds. The van der Waals surface area contributed by atoms with Crippen molar-refractivity contribution in [1.29, 1.82) is 0 Å². The van der Waals surface area contributed by atoms with E-state index in [4.69, 9.17) is 10.2 Å². The van der Waals surface area contributed by atoms with Crippen molar-refractivity contribution in [3.63, 3.8) is 0 Å². The first-order valence-electron chi connectivity index (χ1n) is 4.48. The molecule has 1 aliphatic rings. The lowest BCUT2D eigenvalue weighted by Gasteiger charge is -2.34. The summed E-state index contributed by atoms with van der Waals surface area (Å²) in [5, 5.41) is 17.9. The number of rotatable bonds is 2. The van der Waals surface area contributed by atoms with Crippen LogP contribution in [0.1, 0.15) is 32.6 Å². The lowest BCUT2D eigenvalue weighted by atomic mass is 9.67. The summed E-state index contributed by atoms with van der Waals surface area (Å²) < 4.78 is 0. The van der Waals surface area contributed by atoms with Gasteiger partial charge in [0, 0.05) is 0 Å². The molecular weight excluding hydrogens is 172 g/mol. The molecular formula is C9H14O4. The van der Waals surface area contributed by atoms with Crippen molar-refractivity contribution in [2.45, 2.75) is 32.6 Å². The topological polar surface area (TPSA) is 74.6 Å². The summed E-state index contributed by atoms with van der Waals surface area (Å²) in [6, 6.07) is 0. The van der Waals surface area contributed by atoms with Crippen LogP contribution in [0.2, 0.25) is 0 Å². The molecule has 0 bridgehead atoms. The lowest BCUT2D eigenvalue weighted by molar-refractivity contribution is -0.171. The predicted octanol–water partition coefficient (Wildman–Crippen LogP) is 1.35. The van der Waals surface area contributed by atoms with E-state index in [-0.39, 0.29) is 12.3 Å². The summed E-state index contributed by atoms with van der Waals surface area (Å²) in [6.07, 6.45) is 2.59. The first-order valence-corrected chi connectivity index (χ1v) is 4.48. The van der Waals surface area contributed by atoms with E-state index in [1.54, 1.807) is 6.92 Å². The van der Waals surface area contributed by atoms with Gasteiger partial charge in [0.05, 0.1) is 0 Å². The van der Waals surface area contributed by atoms with Gasteiger partial charge >= 0.3 is 11.9 Å². The number of carboxylic acid groups (broad SMARTS) is 2. The highest BCUT2D eigenvalue weighted by molar-refractivity contribution is 5.98. The summed E-state index contributed by atoms with van der Waals surface area (Å²) in [5.41, 5.74) is -1.53. The highest BCUT2D eigenvalue weighted by Gasteiger charge is 2.51. The maximum absolute atomic E-state index is 10.9. The third kappa shape index (κ3) is 1.41. The minimum Gasteiger partial charge on any atom is -0.480 e. The van der Waals surface area contributed by atoms with Gasteiger partial charge in [-0.2, -0.15) is 0 Å². The second-order valence-electron chi connectivity index (χ2n) is 3.73. The molecule has 74 valence electrons. The maximum Gasteiger partial charge on any atom is 0.321 e. The Balaban J connectivity index is 3.00. The normalized spacial score (nSPS) is 26.7. The van der Waals surface area contributed by atoms with E-state index in [0.717, 1.165) is 6.42 Å². The van der Waals surface area contributed by atoms with Crippen LogP contribution in [0.15, 0.2) is 0 Å². The Morgan fingerprint density at radius 3 is 2.08 bits per heavy atom. The zero-order valence-electron chi connectivity index (χ0n) is 7.62. The summed E-state index contributed by atoms with van der Waals surface area (Å²) in [4.78, 5) is 21.9. The van der Waals surface area contributed by atoms with Crippen molar-refractivity contribution < 1.29 is 19.8 Å².